The Hall–Kier alpha value is -5.51. The number of hydrogen-bond acceptors (Lipinski definition) is 8. The number of nitrogens with one attached hydrogen (secondary N) is 2. The molecule has 13 nitrogen and oxygen atoms in total. The van der Waals surface area contributed by atoms with E-state index in [0.29, 0.717) is 23.5 Å². The Morgan fingerprint density at radius 3 is 2.50 bits per heavy atom. The van der Waals surface area contributed by atoms with Gasteiger partial charge in [0.15, 0.2) is 0 Å². The lowest BCUT2D eigenvalue weighted by molar-refractivity contribution is -0.141. The fraction of sp³-hybridized carbons (Fsp3) is 0.421. The molecule has 3 aromatic heterocycles. The second-order valence-corrected chi connectivity index (χ2v) is 14.7. The van der Waals surface area contributed by atoms with Gasteiger partial charge in [-0.1, -0.05) is 12.1 Å². The van der Waals surface area contributed by atoms with Gasteiger partial charge in [0, 0.05) is 57.4 Å². The average Bonchev–Trinajstić information content (AvgIpc) is 3.67. The van der Waals surface area contributed by atoms with Crippen LogP contribution in [0.4, 0.5) is 24.5 Å². The van der Waals surface area contributed by atoms with Gasteiger partial charge >= 0.3 is 11.9 Å². The standard InChI is InChI=1S/C38H40F3N9O4/c1-46(29-6-4-7-30-34(29)47(2)37(54)50(30)31-15-16-33(51)44-36(31)53)26-20-48(21-26)18-22-9-12-25(13-10-22)49-19-23-17-24(11-14-27(23)45-49)42-35(52)28-5-3-8-32(43-28)38(39,40)41/h3-8,11,14,17,19,22,25-26,31H,9-10,12-13,15-16,18,20-21H2,1-2H3,(H,42,52)(H,44,51,53)/t22-,25-,31?. The number of nitrogens with zero attached hydrogens (tertiary/aromatic N) is 7. The van der Waals surface area contributed by atoms with E-state index in [9.17, 15) is 32.3 Å². The molecule has 0 radical (unpaired) electrons. The number of rotatable bonds is 8. The zero-order chi connectivity index (χ0) is 37.9. The van der Waals surface area contributed by atoms with Gasteiger partial charge in [0.1, 0.15) is 17.4 Å². The van der Waals surface area contributed by atoms with Gasteiger partial charge in [0.25, 0.3) is 5.91 Å². The van der Waals surface area contributed by atoms with Crippen LogP contribution in [0.15, 0.2) is 65.6 Å². The molecule has 1 saturated carbocycles. The molecule has 5 heterocycles. The van der Waals surface area contributed by atoms with E-state index in [1.807, 2.05) is 36.1 Å². The third-order valence-electron chi connectivity index (χ3n) is 11.2. The Morgan fingerprint density at radius 1 is 1.00 bits per heavy atom. The second kappa shape index (κ2) is 13.7. The number of imide groups is 1. The minimum atomic E-state index is -4.64. The van der Waals surface area contributed by atoms with Crippen LogP contribution >= 0.6 is 0 Å². The number of imidazole rings is 1. The molecule has 54 heavy (non-hydrogen) atoms. The summed E-state index contributed by atoms with van der Waals surface area (Å²) in [5.74, 6) is -0.924. The van der Waals surface area contributed by atoms with Gasteiger partial charge in [-0.25, -0.2) is 9.78 Å². The largest absolute Gasteiger partial charge is 0.433 e. The van der Waals surface area contributed by atoms with Crippen LogP contribution in [0.3, 0.4) is 0 Å². The Bertz CT molecular complexity index is 2330. The van der Waals surface area contributed by atoms with E-state index in [1.54, 1.807) is 29.8 Å². The first kappa shape index (κ1) is 35.5. The molecule has 1 aliphatic carbocycles. The van der Waals surface area contributed by atoms with Crippen molar-refractivity contribution in [2.45, 2.75) is 62.8 Å². The number of aryl methyl sites for hydroxylation is 1. The van der Waals surface area contributed by atoms with Gasteiger partial charge in [-0.05, 0) is 80.5 Å². The highest BCUT2D eigenvalue weighted by atomic mass is 19.4. The number of pyridine rings is 1. The van der Waals surface area contributed by atoms with Crippen LogP contribution in [-0.2, 0) is 22.8 Å². The summed E-state index contributed by atoms with van der Waals surface area (Å²) in [5.41, 5.74) is 1.87. The van der Waals surface area contributed by atoms with Crippen LogP contribution in [0.25, 0.3) is 21.9 Å². The van der Waals surface area contributed by atoms with Crippen molar-refractivity contribution in [2.75, 3.05) is 36.9 Å². The van der Waals surface area contributed by atoms with Gasteiger partial charge in [-0.3, -0.25) is 38.4 Å². The summed E-state index contributed by atoms with van der Waals surface area (Å²) in [4.78, 5) is 58.6. The predicted molar refractivity (Wildman–Crippen MR) is 195 cm³/mol. The molecule has 3 amide bonds. The summed E-state index contributed by atoms with van der Waals surface area (Å²) in [7, 11) is 3.77. The molecule has 16 heteroatoms. The number of piperidine rings is 1. The first-order chi connectivity index (χ1) is 25.8. The summed E-state index contributed by atoms with van der Waals surface area (Å²) in [5, 5.41) is 10.6. The molecule has 282 valence electrons. The van der Waals surface area contributed by atoms with E-state index in [0.717, 1.165) is 79.6 Å². The highest BCUT2D eigenvalue weighted by Crippen LogP contribution is 2.36. The quantitative estimate of drug-likeness (QED) is 0.215. The molecule has 2 aromatic carbocycles. The number of likely N-dealkylation sites (N-methyl/N-ethyl adjacent to an activating group) is 1. The second-order valence-electron chi connectivity index (χ2n) is 14.7. The molecule has 3 fully saturated rings. The number of para-hydroxylation sites is 1. The Balaban J connectivity index is 0.853. The maximum atomic E-state index is 13.4. The molecule has 1 unspecified atom stereocenters. The highest BCUT2D eigenvalue weighted by molar-refractivity contribution is 6.04. The molecule has 8 rings (SSSR count). The van der Waals surface area contributed by atoms with E-state index in [1.165, 1.54) is 10.6 Å². The number of fused-ring (bicyclic) bond motifs is 2. The minimum absolute atomic E-state index is 0.194. The molecule has 0 spiro atoms. The molecule has 1 atom stereocenters. The number of benzene rings is 2. The van der Waals surface area contributed by atoms with E-state index < -0.39 is 29.7 Å². The summed E-state index contributed by atoms with van der Waals surface area (Å²) >= 11 is 0. The Labute approximate surface area is 307 Å². The monoisotopic (exact) mass is 743 g/mol. The summed E-state index contributed by atoms with van der Waals surface area (Å²) in [6.07, 6.45) is 1.92. The lowest BCUT2D eigenvalue weighted by atomic mass is 9.85. The molecule has 5 aromatic rings. The van der Waals surface area contributed by atoms with Crippen molar-refractivity contribution >= 4 is 51.0 Å². The van der Waals surface area contributed by atoms with Gasteiger partial charge in [-0.15, -0.1) is 0 Å². The van der Waals surface area contributed by atoms with Crippen molar-refractivity contribution in [1.29, 1.82) is 0 Å². The maximum absolute atomic E-state index is 13.4. The number of anilines is 2. The van der Waals surface area contributed by atoms with Crippen LogP contribution < -0.4 is 21.2 Å². The smallest absolute Gasteiger partial charge is 0.367 e. The first-order valence-electron chi connectivity index (χ1n) is 18.2. The number of amides is 3. The van der Waals surface area contributed by atoms with Crippen molar-refractivity contribution in [3.8, 4) is 0 Å². The van der Waals surface area contributed by atoms with Gasteiger partial charge in [-0.2, -0.15) is 18.3 Å². The van der Waals surface area contributed by atoms with Gasteiger partial charge < -0.3 is 10.2 Å². The zero-order valence-corrected chi connectivity index (χ0v) is 29.8. The van der Waals surface area contributed by atoms with Crippen LogP contribution in [0.5, 0.6) is 0 Å². The molecule has 2 N–H and O–H groups in total. The average molecular weight is 744 g/mol. The summed E-state index contributed by atoms with van der Waals surface area (Å²) in [6.45, 7) is 2.82. The molecule has 2 aliphatic heterocycles. The highest BCUT2D eigenvalue weighted by Gasteiger charge is 2.36. The number of aromatic nitrogens is 5. The predicted octanol–water partition coefficient (Wildman–Crippen LogP) is 4.89. The number of carbonyl (C=O) groups excluding carboxylic acids is 3. The van der Waals surface area contributed by atoms with Crippen molar-refractivity contribution in [3.63, 3.8) is 0 Å². The third-order valence-corrected chi connectivity index (χ3v) is 11.2. The summed E-state index contributed by atoms with van der Waals surface area (Å²) in [6, 6.07) is 14.0. The van der Waals surface area contributed by atoms with E-state index in [2.05, 4.69) is 25.4 Å². The molecule has 0 bridgehead atoms. The van der Waals surface area contributed by atoms with E-state index >= 15 is 0 Å². The maximum Gasteiger partial charge on any atom is 0.433 e. The van der Waals surface area contributed by atoms with Crippen LogP contribution in [0.1, 0.15) is 66.8 Å². The zero-order valence-electron chi connectivity index (χ0n) is 29.8. The fourth-order valence-corrected chi connectivity index (χ4v) is 8.25. The molecular formula is C38H40F3N9O4. The number of halogens is 3. The molecule has 3 aliphatic rings. The fourth-order valence-electron chi connectivity index (χ4n) is 8.25. The Morgan fingerprint density at radius 2 is 1.76 bits per heavy atom. The Kier molecular flexibility index (Phi) is 9.02. The van der Waals surface area contributed by atoms with Gasteiger partial charge in [0.2, 0.25) is 11.8 Å². The van der Waals surface area contributed by atoms with Crippen molar-refractivity contribution in [1.82, 2.24) is 34.1 Å². The number of alkyl halides is 3. The van der Waals surface area contributed by atoms with Crippen molar-refractivity contribution < 1.29 is 27.6 Å². The number of likely N-dealkylation sites (tertiary alicyclic amines) is 1. The lowest BCUT2D eigenvalue weighted by Gasteiger charge is -2.47. The summed E-state index contributed by atoms with van der Waals surface area (Å²) < 4.78 is 44.3. The van der Waals surface area contributed by atoms with Crippen LogP contribution in [0, 0.1) is 5.92 Å². The molecular weight excluding hydrogens is 703 g/mol. The third kappa shape index (κ3) is 6.63. The van der Waals surface area contributed by atoms with E-state index in [-0.39, 0.29) is 35.8 Å². The van der Waals surface area contributed by atoms with Crippen LogP contribution in [0.2, 0.25) is 0 Å². The van der Waals surface area contributed by atoms with E-state index in [4.69, 9.17) is 5.10 Å². The lowest BCUT2D eigenvalue weighted by Crippen LogP contribution is -2.59. The topological polar surface area (TPSA) is 139 Å². The van der Waals surface area contributed by atoms with Crippen molar-refractivity contribution in [2.24, 2.45) is 13.0 Å². The van der Waals surface area contributed by atoms with Crippen LogP contribution in [-0.4, -0.2) is 79.2 Å². The molecule has 2 saturated heterocycles. The SMILES string of the molecule is CN(c1cccc2c1n(C)c(=O)n2C1CCC(=O)NC1=O)C1CN(C[C@H]2CC[C@H](n3cc4cc(NC(=O)c5cccc(C(F)(F)F)n5)ccc4n3)CC2)C1. The number of hydrogen-bond donors (Lipinski definition) is 2. The van der Waals surface area contributed by atoms with Crippen molar-refractivity contribution in [3.05, 3.63) is 82.7 Å². The van der Waals surface area contributed by atoms with Gasteiger partial charge in [0.05, 0.1) is 34.3 Å². The first-order valence-corrected chi connectivity index (χ1v) is 18.2. The minimum Gasteiger partial charge on any atom is -0.367 e. The number of carbonyl (C=O) groups is 3. The normalized spacial score (nSPS) is 21.3.